The average Bonchev–Trinajstić information content (AvgIpc) is 2.43. The van der Waals surface area contributed by atoms with Crippen LogP contribution in [0, 0.1) is 5.82 Å². The molecule has 0 radical (unpaired) electrons. The van der Waals surface area contributed by atoms with Crippen molar-refractivity contribution >= 4 is 15.7 Å². The van der Waals surface area contributed by atoms with Crippen LogP contribution in [0.5, 0.6) is 0 Å². The number of hydrogen-bond donors (Lipinski definition) is 1. The van der Waals surface area contributed by atoms with Gasteiger partial charge in [-0.1, -0.05) is 24.3 Å². The molecule has 21 heavy (non-hydrogen) atoms. The molecule has 112 valence electrons. The fourth-order valence-corrected chi connectivity index (χ4v) is 3.06. The number of hydrogen-bond acceptors (Lipinski definition) is 3. The summed E-state index contributed by atoms with van der Waals surface area (Å²) < 4.78 is 38.7. The second kappa shape index (κ2) is 6.24. The van der Waals surface area contributed by atoms with Gasteiger partial charge in [-0.05, 0) is 35.4 Å². The first-order chi connectivity index (χ1) is 9.87. The first-order valence-electron chi connectivity index (χ1n) is 6.40. The summed E-state index contributed by atoms with van der Waals surface area (Å²) in [4.78, 5) is 0. The van der Waals surface area contributed by atoms with E-state index in [1.54, 1.807) is 36.4 Å². The Kier molecular flexibility index (Phi) is 4.59. The van der Waals surface area contributed by atoms with Crippen molar-refractivity contribution in [2.24, 2.45) is 0 Å². The number of benzene rings is 2. The smallest absolute Gasteiger partial charge is 0.218 e. The average molecular weight is 308 g/mol. The van der Waals surface area contributed by atoms with Crippen molar-refractivity contribution in [1.82, 2.24) is 4.31 Å². The minimum atomic E-state index is -3.44. The normalized spacial score (nSPS) is 11.8. The highest BCUT2D eigenvalue weighted by Gasteiger charge is 2.18. The number of halogens is 1. The molecule has 0 aliphatic carbocycles. The van der Waals surface area contributed by atoms with Crippen LogP contribution in [0.2, 0.25) is 0 Å². The quantitative estimate of drug-likeness (QED) is 0.863. The van der Waals surface area contributed by atoms with Gasteiger partial charge in [-0.15, -0.1) is 0 Å². The van der Waals surface area contributed by atoms with Crippen molar-refractivity contribution in [3.63, 3.8) is 0 Å². The predicted octanol–water partition coefficient (Wildman–Crippen LogP) is 2.37. The summed E-state index contributed by atoms with van der Waals surface area (Å²) in [6.07, 6.45) is 0. The van der Waals surface area contributed by atoms with Gasteiger partial charge in [0.05, 0.1) is 5.75 Å². The third-order valence-electron chi connectivity index (χ3n) is 3.12. The first-order valence-corrected chi connectivity index (χ1v) is 8.00. The van der Waals surface area contributed by atoms with E-state index in [1.807, 2.05) is 0 Å². The molecular formula is C15H17FN2O2S. The minimum absolute atomic E-state index is 0.0923. The van der Waals surface area contributed by atoms with Crippen LogP contribution in [0.15, 0.2) is 48.5 Å². The highest BCUT2D eigenvalue weighted by molar-refractivity contribution is 7.88. The largest absolute Gasteiger partial charge is 0.399 e. The number of sulfonamides is 1. The number of nitrogens with two attached hydrogens (primary N) is 1. The zero-order valence-electron chi connectivity index (χ0n) is 11.7. The van der Waals surface area contributed by atoms with Crippen LogP contribution in [0.1, 0.15) is 11.1 Å². The van der Waals surface area contributed by atoms with E-state index >= 15 is 0 Å². The van der Waals surface area contributed by atoms with Crippen LogP contribution in [0.3, 0.4) is 0 Å². The molecule has 0 saturated carbocycles. The fraction of sp³-hybridized carbons (Fsp3) is 0.200. The van der Waals surface area contributed by atoms with Gasteiger partial charge in [0.1, 0.15) is 5.82 Å². The van der Waals surface area contributed by atoms with Crippen LogP contribution >= 0.6 is 0 Å². The van der Waals surface area contributed by atoms with E-state index in [4.69, 9.17) is 5.73 Å². The van der Waals surface area contributed by atoms with Crippen molar-refractivity contribution in [1.29, 1.82) is 0 Å². The molecule has 2 N–H and O–H groups in total. The summed E-state index contributed by atoms with van der Waals surface area (Å²) in [6, 6.07) is 12.5. The lowest BCUT2D eigenvalue weighted by molar-refractivity contribution is 0.465. The third kappa shape index (κ3) is 4.27. The molecule has 0 heterocycles. The van der Waals surface area contributed by atoms with Crippen molar-refractivity contribution in [2.45, 2.75) is 12.3 Å². The molecule has 0 aliphatic rings. The van der Waals surface area contributed by atoms with Gasteiger partial charge in [0.25, 0.3) is 0 Å². The summed E-state index contributed by atoms with van der Waals surface area (Å²) in [5.41, 5.74) is 7.58. The van der Waals surface area contributed by atoms with E-state index in [9.17, 15) is 12.8 Å². The number of rotatable bonds is 5. The molecule has 0 spiro atoms. The van der Waals surface area contributed by atoms with Crippen LogP contribution in [-0.4, -0.2) is 19.8 Å². The van der Waals surface area contributed by atoms with Crippen LogP contribution < -0.4 is 5.73 Å². The Morgan fingerprint density at radius 3 is 2.10 bits per heavy atom. The Balaban J connectivity index is 2.07. The summed E-state index contributed by atoms with van der Waals surface area (Å²) in [5.74, 6) is -0.434. The van der Waals surface area contributed by atoms with Gasteiger partial charge >= 0.3 is 0 Å². The second-order valence-corrected chi connectivity index (χ2v) is 6.96. The van der Waals surface area contributed by atoms with Gasteiger partial charge in [0.15, 0.2) is 0 Å². The molecule has 0 atom stereocenters. The van der Waals surface area contributed by atoms with Gasteiger partial charge in [-0.2, -0.15) is 0 Å². The van der Waals surface area contributed by atoms with E-state index < -0.39 is 10.0 Å². The standard InChI is InChI=1S/C15H17FN2O2S/c1-18(10-12-2-6-14(16)7-3-12)21(19,20)11-13-4-8-15(17)9-5-13/h2-9H,10-11,17H2,1H3. The molecule has 0 saturated heterocycles. The molecule has 0 aliphatic heterocycles. The van der Waals surface area contributed by atoms with Gasteiger partial charge in [-0.3, -0.25) is 0 Å². The van der Waals surface area contributed by atoms with Crippen molar-refractivity contribution in [3.8, 4) is 0 Å². The Labute approximate surface area is 124 Å². The summed E-state index contributed by atoms with van der Waals surface area (Å²) >= 11 is 0. The topological polar surface area (TPSA) is 63.4 Å². The zero-order chi connectivity index (χ0) is 15.5. The molecule has 2 aromatic rings. The summed E-state index contributed by atoms with van der Waals surface area (Å²) in [6.45, 7) is 0.206. The highest BCUT2D eigenvalue weighted by Crippen LogP contribution is 2.14. The maximum absolute atomic E-state index is 12.8. The molecular weight excluding hydrogens is 291 g/mol. The van der Waals surface area contributed by atoms with Crippen LogP contribution in [-0.2, 0) is 22.3 Å². The molecule has 6 heteroatoms. The van der Waals surface area contributed by atoms with E-state index in [0.29, 0.717) is 11.3 Å². The van der Waals surface area contributed by atoms with Crippen LogP contribution in [0.25, 0.3) is 0 Å². The first kappa shape index (κ1) is 15.5. The van der Waals surface area contributed by atoms with Gasteiger partial charge in [-0.25, -0.2) is 17.1 Å². The van der Waals surface area contributed by atoms with Crippen molar-refractivity contribution in [2.75, 3.05) is 12.8 Å². The lowest BCUT2D eigenvalue weighted by Gasteiger charge is -2.17. The van der Waals surface area contributed by atoms with E-state index in [-0.39, 0.29) is 18.1 Å². The van der Waals surface area contributed by atoms with Crippen molar-refractivity contribution in [3.05, 3.63) is 65.5 Å². The molecule has 0 amide bonds. The van der Waals surface area contributed by atoms with E-state index in [2.05, 4.69) is 0 Å². The number of nitrogen functional groups attached to an aromatic ring is 1. The van der Waals surface area contributed by atoms with Gasteiger partial charge in [0.2, 0.25) is 10.0 Å². The molecule has 4 nitrogen and oxygen atoms in total. The summed E-state index contributed by atoms with van der Waals surface area (Å²) in [5, 5.41) is 0. The number of nitrogens with zero attached hydrogens (tertiary/aromatic N) is 1. The zero-order valence-corrected chi connectivity index (χ0v) is 12.5. The SMILES string of the molecule is CN(Cc1ccc(F)cc1)S(=O)(=O)Cc1ccc(N)cc1. The molecule has 0 aromatic heterocycles. The third-order valence-corrected chi connectivity index (χ3v) is 4.90. The molecule has 2 rings (SSSR count). The summed E-state index contributed by atoms with van der Waals surface area (Å²) in [7, 11) is -1.93. The Morgan fingerprint density at radius 1 is 1.00 bits per heavy atom. The lowest BCUT2D eigenvalue weighted by Crippen LogP contribution is -2.27. The monoisotopic (exact) mass is 308 g/mol. The molecule has 0 unspecified atom stereocenters. The van der Waals surface area contributed by atoms with E-state index in [0.717, 1.165) is 5.56 Å². The lowest BCUT2D eigenvalue weighted by atomic mass is 10.2. The predicted molar refractivity (Wildman–Crippen MR) is 81.3 cm³/mol. The number of anilines is 1. The minimum Gasteiger partial charge on any atom is -0.399 e. The molecule has 2 aromatic carbocycles. The highest BCUT2D eigenvalue weighted by atomic mass is 32.2. The van der Waals surface area contributed by atoms with Gasteiger partial charge < -0.3 is 5.73 Å². The Morgan fingerprint density at radius 2 is 1.52 bits per heavy atom. The molecule has 0 bridgehead atoms. The van der Waals surface area contributed by atoms with Gasteiger partial charge in [0, 0.05) is 19.3 Å². The van der Waals surface area contributed by atoms with Crippen molar-refractivity contribution < 1.29 is 12.8 Å². The second-order valence-electron chi connectivity index (χ2n) is 4.88. The van der Waals surface area contributed by atoms with Crippen LogP contribution in [0.4, 0.5) is 10.1 Å². The Bertz CT molecular complexity index is 697. The fourth-order valence-electron chi connectivity index (χ4n) is 1.88. The Hall–Kier alpha value is -1.92. The van der Waals surface area contributed by atoms with E-state index in [1.165, 1.54) is 23.5 Å². The molecule has 0 fully saturated rings. The maximum atomic E-state index is 12.8. The maximum Gasteiger partial charge on any atom is 0.218 e.